The fourth-order valence-corrected chi connectivity index (χ4v) is 6.97. The Morgan fingerprint density at radius 2 is 2.19 bits per heavy atom. The third kappa shape index (κ3) is 3.89. The van der Waals surface area contributed by atoms with Crippen LogP contribution in [0.4, 0.5) is 0 Å². The maximum absolute atomic E-state index is 13.3. The van der Waals surface area contributed by atoms with Gasteiger partial charge in [0.2, 0.25) is 0 Å². The number of thiophene rings is 1. The van der Waals surface area contributed by atoms with Crippen molar-refractivity contribution in [3.8, 4) is 0 Å². The number of hydrogen-bond donors (Lipinski definition) is 1. The maximum atomic E-state index is 13.3. The molecule has 2 heterocycles. The second kappa shape index (κ2) is 7.82. The molecule has 0 saturated carbocycles. The normalized spacial score (nSPS) is 19.1. The van der Waals surface area contributed by atoms with E-state index in [9.17, 15) is 13.2 Å². The first kappa shape index (κ1) is 19.6. The summed E-state index contributed by atoms with van der Waals surface area (Å²) in [7, 11) is -3.69. The molecule has 3 rings (SSSR count). The van der Waals surface area contributed by atoms with Gasteiger partial charge in [-0.1, -0.05) is 18.0 Å². The number of piperidine rings is 1. The molecule has 1 N–H and O–H groups in total. The molecule has 1 saturated heterocycles. The second-order valence-electron chi connectivity index (χ2n) is 6.33. The molecular formula is C17H20ClNO5S2. The lowest BCUT2D eigenvalue weighted by atomic mass is 10.1. The molecule has 1 aromatic heterocycles. The monoisotopic (exact) mass is 417 g/mol. The van der Waals surface area contributed by atoms with Gasteiger partial charge in [0.05, 0.1) is 6.61 Å². The Bertz CT molecular complexity index is 925. The van der Waals surface area contributed by atoms with Crippen LogP contribution in [0.25, 0.3) is 10.1 Å². The predicted molar refractivity (Wildman–Crippen MR) is 102 cm³/mol. The van der Waals surface area contributed by atoms with E-state index >= 15 is 0 Å². The van der Waals surface area contributed by atoms with Crippen LogP contribution in [-0.4, -0.2) is 49.6 Å². The van der Waals surface area contributed by atoms with Crippen LogP contribution >= 0.6 is 22.9 Å². The fourth-order valence-electron chi connectivity index (χ4n) is 3.26. The Hall–Kier alpha value is -1.19. The van der Waals surface area contributed by atoms with Gasteiger partial charge in [0.15, 0.2) is 0 Å². The first-order chi connectivity index (χ1) is 12.3. The summed E-state index contributed by atoms with van der Waals surface area (Å²) >= 11 is 7.29. The van der Waals surface area contributed by atoms with Gasteiger partial charge in [-0.2, -0.15) is 4.31 Å². The van der Waals surface area contributed by atoms with Gasteiger partial charge in [-0.3, -0.25) is 0 Å². The Morgan fingerprint density at radius 1 is 1.42 bits per heavy atom. The number of fused-ring (bicyclic) bond motifs is 1. The van der Waals surface area contributed by atoms with Crippen molar-refractivity contribution in [3.63, 3.8) is 0 Å². The molecule has 0 amide bonds. The van der Waals surface area contributed by atoms with Crippen LogP contribution in [-0.2, 0) is 19.6 Å². The zero-order valence-corrected chi connectivity index (χ0v) is 16.7. The highest BCUT2D eigenvalue weighted by Crippen LogP contribution is 2.38. The van der Waals surface area contributed by atoms with E-state index in [0.29, 0.717) is 27.8 Å². The number of aliphatic carboxylic acids is 1. The van der Waals surface area contributed by atoms with Gasteiger partial charge < -0.3 is 9.84 Å². The first-order valence-electron chi connectivity index (χ1n) is 8.30. The number of hydrogen-bond acceptors (Lipinski definition) is 5. The summed E-state index contributed by atoms with van der Waals surface area (Å²) < 4.78 is 34.4. The van der Waals surface area contributed by atoms with Gasteiger partial charge >= 0.3 is 5.97 Å². The van der Waals surface area contributed by atoms with Gasteiger partial charge in [-0.15, -0.1) is 11.3 Å². The number of halogens is 1. The molecule has 1 fully saturated rings. The van der Waals surface area contributed by atoms with Gasteiger partial charge in [-0.25, -0.2) is 13.2 Å². The zero-order chi connectivity index (χ0) is 18.9. The molecule has 0 aliphatic carbocycles. The minimum Gasteiger partial charge on any atom is -0.480 e. The van der Waals surface area contributed by atoms with E-state index in [1.165, 1.54) is 15.6 Å². The topological polar surface area (TPSA) is 83.9 Å². The van der Waals surface area contributed by atoms with Crippen LogP contribution in [0.2, 0.25) is 5.02 Å². The molecule has 0 spiro atoms. The highest BCUT2D eigenvalue weighted by molar-refractivity contribution is 7.91. The molecule has 0 unspecified atom stereocenters. The lowest BCUT2D eigenvalue weighted by Crippen LogP contribution is -2.46. The summed E-state index contributed by atoms with van der Waals surface area (Å²) in [6.45, 7) is 1.87. The first-order valence-corrected chi connectivity index (χ1v) is 10.9. The molecule has 1 aromatic carbocycles. The van der Waals surface area contributed by atoms with E-state index in [0.717, 1.165) is 22.9 Å². The SMILES string of the molecule is Cc1c(S(=O)(=O)N2CCCC[C@@H]2COCC(=O)O)sc2ccc(Cl)cc12. The van der Waals surface area contributed by atoms with Crippen LogP contribution < -0.4 is 0 Å². The van der Waals surface area contributed by atoms with Crippen LogP contribution in [0.15, 0.2) is 22.4 Å². The zero-order valence-electron chi connectivity index (χ0n) is 14.3. The van der Waals surface area contributed by atoms with Crippen molar-refractivity contribution in [2.75, 3.05) is 19.8 Å². The second-order valence-corrected chi connectivity index (χ2v) is 9.90. The Labute approximate surface area is 161 Å². The molecule has 0 radical (unpaired) electrons. The van der Waals surface area contributed by atoms with Gasteiger partial charge in [0, 0.05) is 22.3 Å². The molecule has 6 nitrogen and oxygen atoms in total. The average molecular weight is 418 g/mol. The number of carboxylic acids is 1. The quantitative estimate of drug-likeness (QED) is 0.777. The summed E-state index contributed by atoms with van der Waals surface area (Å²) in [6.07, 6.45) is 2.34. The molecule has 1 aliphatic rings. The number of benzene rings is 1. The summed E-state index contributed by atoms with van der Waals surface area (Å²) in [5.41, 5.74) is 0.697. The molecular weight excluding hydrogens is 398 g/mol. The molecule has 26 heavy (non-hydrogen) atoms. The minimum atomic E-state index is -3.69. The highest BCUT2D eigenvalue weighted by atomic mass is 35.5. The van der Waals surface area contributed by atoms with E-state index in [-0.39, 0.29) is 12.6 Å². The van der Waals surface area contributed by atoms with Crippen molar-refractivity contribution in [1.29, 1.82) is 0 Å². The van der Waals surface area contributed by atoms with E-state index < -0.39 is 22.6 Å². The number of aryl methyl sites for hydroxylation is 1. The van der Waals surface area contributed by atoms with E-state index in [1.807, 2.05) is 6.07 Å². The van der Waals surface area contributed by atoms with Crippen molar-refractivity contribution >= 4 is 49.0 Å². The summed E-state index contributed by atoms with van der Waals surface area (Å²) in [5, 5.41) is 10.1. The van der Waals surface area contributed by atoms with E-state index in [2.05, 4.69) is 0 Å². The molecule has 0 bridgehead atoms. The number of carbonyl (C=O) groups is 1. The molecule has 9 heteroatoms. The number of carboxylic acid groups (broad SMARTS) is 1. The van der Waals surface area contributed by atoms with Crippen molar-refractivity contribution < 1.29 is 23.1 Å². The average Bonchev–Trinajstić information content (AvgIpc) is 2.92. The Morgan fingerprint density at radius 3 is 2.92 bits per heavy atom. The number of rotatable bonds is 6. The Kier molecular flexibility index (Phi) is 5.88. The standard InChI is InChI=1S/C17H20ClNO5S2/c1-11-14-8-12(18)5-6-15(14)25-17(11)26(22,23)19-7-3-2-4-13(19)9-24-10-16(20)21/h5-6,8,13H,2-4,7,9-10H2,1H3,(H,20,21)/t13-/m1/s1. The van der Waals surface area contributed by atoms with E-state index in [4.69, 9.17) is 21.4 Å². The molecule has 142 valence electrons. The van der Waals surface area contributed by atoms with Gasteiger partial charge in [-0.05, 0) is 48.9 Å². The fraction of sp³-hybridized carbons (Fsp3) is 0.471. The lowest BCUT2D eigenvalue weighted by Gasteiger charge is -2.34. The summed E-state index contributed by atoms with van der Waals surface area (Å²) in [4.78, 5) is 10.6. The van der Waals surface area contributed by atoms with E-state index in [1.54, 1.807) is 19.1 Å². The lowest BCUT2D eigenvalue weighted by molar-refractivity contribution is -0.142. The molecule has 1 atom stereocenters. The van der Waals surface area contributed by atoms with Crippen molar-refractivity contribution in [2.45, 2.75) is 36.4 Å². The highest BCUT2D eigenvalue weighted by Gasteiger charge is 2.36. The van der Waals surface area contributed by atoms with Crippen molar-refractivity contribution in [1.82, 2.24) is 4.31 Å². The summed E-state index contributed by atoms with van der Waals surface area (Å²) in [5.74, 6) is -1.06. The maximum Gasteiger partial charge on any atom is 0.329 e. The van der Waals surface area contributed by atoms with Gasteiger partial charge in [0.25, 0.3) is 10.0 Å². The summed E-state index contributed by atoms with van der Waals surface area (Å²) in [6, 6.07) is 5.02. The van der Waals surface area contributed by atoms with Crippen LogP contribution in [0, 0.1) is 6.92 Å². The third-order valence-corrected chi connectivity index (χ3v) is 8.56. The minimum absolute atomic E-state index is 0.0846. The third-order valence-electron chi connectivity index (χ3n) is 4.51. The smallest absolute Gasteiger partial charge is 0.329 e. The Balaban J connectivity index is 1.92. The van der Waals surface area contributed by atoms with Gasteiger partial charge in [0.1, 0.15) is 10.8 Å². The van der Waals surface area contributed by atoms with Crippen molar-refractivity contribution in [3.05, 3.63) is 28.8 Å². The molecule has 2 aromatic rings. The number of nitrogens with zero attached hydrogens (tertiary/aromatic N) is 1. The van der Waals surface area contributed by atoms with Crippen molar-refractivity contribution in [2.24, 2.45) is 0 Å². The van der Waals surface area contributed by atoms with Crippen LogP contribution in [0.1, 0.15) is 24.8 Å². The van der Waals surface area contributed by atoms with Crippen LogP contribution in [0.5, 0.6) is 0 Å². The number of ether oxygens (including phenoxy) is 1. The predicted octanol–water partition coefficient (Wildman–Crippen LogP) is 3.51. The number of sulfonamides is 1. The largest absolute Gasteiger partial charge is 0.480 e. The van der Waals surface area contributed by atoms with Crippen LogP contribution in [0.3, 0.4) is 0 Å². The molecule has 1 aliphatic heterocycles.